The van der Waals surface area contributed by atoms with Gasteiger partial charge in [0.15, 0.2) is 11.6 Å². The van der Waals surface area contributed by atoms with E-state index >= 15 is 0 Å². The lowest BCUT2D eigenvalue weighted by atomic mass is 9.98. The largest absolute Gasteiger partial charge is 0.468 e. The van der Waals surface area contributed by atoms with Gasteiger partial charge in [0.05, 0.1) is 7.11 Å². The molecule has 1 unspecified atom stereocenters. The maximum absolute atomic E-state index is 13.0. The lowest BCUT2D eigenvalue weighted by molar-refractivity contribution is -0.146. The summed E-state index contributed by atoms with van der Waals surface area (Å²) in [5, 5.41) is 0. The first-order valence-electron chi connectivity index (χ1n) is 5.82. The number of rotatable bonds is 6. The van der Waals surface area contributed by atoms with Gasteiger partial charge in [-0.2, -0.15) is 0 Å². The number of carbonyl (C=O) groups is 1. The molecular formula is C13H17F2NO2S. The molecule has 19 heavy (non-hydrogen) atoms. The maximum atomic E-state index is 13.0. The molecule has 0 amide bonds. The smallest absolute Gasteiger partial charge is 0.325 e. The number of hydrogen-bond acceptors (Lipinski definition) is 4. The first-order chi connectivity index (χ1) is 8.86. The van der Waals surface area contributed by atoms with Crippen molar-refractivity contribution in [3.63, 3.8) is 0 Å². The third-order valence-corrected chi connectivity index (χ3v) is 3.73. The fourth-order valence-electron chi connectivity index (χ4n) is 1.53. The highest BCUT2D eigenvalue weighted by Gasteiger charge is 2.28. The van der Waals surface area contributed by atoms with Gasteiger partial charge >= 0.3 is 5.97 Å². The molecule has 0 heterocycles. The highest BCUT2D eigenvalue weighted by atomic mass is 32.2. The number of nitrogens with two attached hydrogens (primary N) is 1. The van der Waals surface area contributed by atoms with E-state index in [1.807, 2.05) is 0 Å². The van der Waals surface area contributed by atoms with Crippen molar-refractivity contribution in [1.29, 1.82) is 0 Å². The van der Waals surface area contributed by atoms with Crippen LogP contribution in [0.4, 0.5) is 8.78 Å². The van der Waals surface area contributed by atoms with Gasteiger partial charge in [0.25, 0.3) is 0 Å². The standard InChI is InChI=1S/C13H17F2NO2S/c1-13(16,12(17)18-2)6-3-7-19-9-4-5-10(14)11(15)8-9/h4-5,8H,3,6-7,16H2,1-2H3. The topological polar surface area (TPSA) is 52.3 Å². The van der Waals surface area contributed by atoms with Crippen molar-refractivity contribution in [2.75, 3.05) is 12.9 Å². The van der Waals surface area contributed by atoms with Gasteiger partial charge in [-0.1, -0.05) is 0 Å². The molecular weight excluding hydrogens is 272 g/mol. The molecule has 0 radical (unpaired) electrons. The number of thioether (sulfide) groups is 1. The van der Waals surface area contributed by atoms with E-state index in [2.05, 4.69) is 4.74 Å². The number of ether oxygens (including phenoxy) is 1. The molecule has 0 spiro atoms. The summed E-state index contributed by atoms with van der Waals surface area (Å²) in [5.41, 5.74) is 4.79. The number of esters is 1. The van der Waals surface area contributed by atoms with E-state index in [0.717, 1.165) is 12.1 Å². The highest BCUT2D eigenvalue weighted by molar-refractivity contribution is 7.99. The molecule has 1 aromatic rings. The van der Waals surface area contributed by atoms with Gasteiger partial charge in [-0.25, -0.2) is 8.78 Å². The fraction of sp³-hybridized carbons (Fsp3) is 0.462. The highest BCUT2D eigenvalue weighted by Crippen LogP contribution is 2.22. The molecule has 6 heteroatoms. The Bertz CT molecular complexity index is 452. The molecule has 0 fully saturated rings. The van der Waals surface area contributed by atoms with Gasteiger partial charge in [0, 0.05) is 4.90 Å². The van der Waals surface area contributed by atoms with Gasteiger partial charge < -0.3 is 10.5 Å². The number of carbonyl (C=O) groups excluding carboxylic acids is 1. The predicted molar refractivity (Wildman–Crippen MR) is 70.9 cm³/mol. The van der Waals surface area contributed by atoms with Crippen LogP contribution in [0.15, 0.2) is 23.1 Å². The quantitative estimate of drug-likeness (QED) is 0.497. The summed E-state index contributed by atoms with van der Waals surface area (Å²) in [7, 11) is 1.30. The van der Waals surface area contributed by atoms with Crippen LogP contribution in [-0.4, -0.2) is 24.4 Å². The van der Waals surface area contributed by atoms with Gasteiger partial charge in [-0.05, 0) is 43.7 Å². The SMILES string of the molecule is COC(=O)C(C)(N)CCCSc1ccc(F)c(F)c1. The molecule has 0 saturated heterocycles. The second-order valence-electron chi connectivity index (χ2n) is 4.44. The van der Waals surface area contributed by atoms with Crippen LogP contribution in [0, 0.1) is 11.6 Å². The van der Waals surface area contributed by atoms with Crippen LogP contribution in [0.5, 0.6) is 0 Å². The van der Waals surface area contributed by atoms with Crippen LogP contribution in [0.3, 0.4) is 0 Å². The molecule has 0 bridgehead atoms. The van der Waals surface area contributed by atoms with Crippen molar-refractivity contribution in [1.82, 2.24) is 0 Å². The molecule has 1 rings (SSSR count). The maximum Gasteiger partial charge on any atom is 0.325 e. The zero-order valence-electron chi connectivity index (χ0n) is 10.9. The molecule has 0 aliphatic rings. The number of hydrogen-bond donors (Lipinski definition) is 1. The number of methoxy groups -OCH3 is 1. The average molecular weight is 289 g/mol. The van der Waals surface area contributed by atoms with E-state index in [1.165, 1.54) is 24.9 Å². The Hall–Kier alpha value is -1.14. The van der Waals surface area contributed by atoms with Crippen molar-refractivity contribution in [2.45, 2.75) is 30.2 Å². The predicted octanol–water partition coefficient (Wildman–Crippen LogP) is 2.73. The van der Waals surface area contributed by atoms with E-state index in [-0.39, 0.29) is 0 Å². The van der Waals surface area contributed by atoms with Crippen molar-refractivity contribution in [3.05, 3.63) is 29.8 Å². The van der Waals surface area contributed by atoms with E-state index < -0.39 is 23.1 Å². The zero-order chi connectivity index (χ0) is 14.5. The van der Waals surface area contributed by atoms with Crippen molar-refractivity contribution in [2.24, 2.45) is 5.73 Å². The summed E-state index contributed by atoms with van der Waals surface area (Å²) in [6.07, 6.45) is 1.14. The van der Waals surface area contributed by atoms with E-state index in [9.17, 15) is 13.6 Å². The first kappa shape index (κ1) is 15.9. The second-order valence-corrected chi connectivity index (χ2v) is 5.61. The fourth-order valence-corrected chi connectivity index (χ4v) is 2.41. The summed E-state index contributed by atoms with van der Waals surface area (Å²) in [6, 6.07) is 3.77. The third kappa shape index (κ3) is 4.80. The monoisotopic (exact) mass is 289 g/mol. The van der Waals surface area contributed by atoms with Crippen molar-refractivity contribution >= 4 is 17.7 Å². The Morgan fingerprint density at radius 3 is 2.68 bits per heavy atom. The van der Waals surface area contributed by atoms with Gasteiger partial charge in [-0.15, -0.1) is 11.8 Å². The summed E-state index contributed by atoms with van der Waals surface area (Å²) in [4.78, 5) is 12.0. The van der Waals surface area contributed by atoms with E-state index in [0.29, 0.717) is 23.5 Å². The summed E-state index contributed by atoms with van der Waals surface area (Å²) < 4.78 is 30.3. The van der Waals surface area contributed by atoms with Crippen LogP contribution in [-0.2, 0) is 9.53 Å². The molecule has 0 saturated carbocycles. The number of benzene rings is 1. The minimum Gasteiger partial charge on any atom is -0.468 e. The Morgan fingerprint density at radius 1 is 1.42 bits per heavy atom. The second kappa shape index (κ2) is 6.86. The Kier molecular flexibility index (Phi) is 5.75. The molecule has 106 valence electrons. The molecule has 2 N–H and O–H groups in total. The van der Waals surface area contributed by atoms with Crippen molar-refractivity contribution < 1.29 is 18.3 Å². The Morgan fingerprint density at radius 2 is 2.11 bits per heavy atom. The normalized spacial score (nSPS) is 13.9. The summed E-state index contributed by atoms with van der Waals surface area (Å²) in [5.74, 6) is -1.51. The minimum atomic E-state index is -1.01. The zero-order valence-corrected chi connectivity index (χ0v) is 11.7. The molecule has 1 aromatic carbocycles. The minimum absolute atomic E-state index is 0.453. The molecule has 0 aliphatic heterocycles. The van der Waals surface area contributed by atoms with Gasteiger partial charge in [0.2, 0.25) is 0 Å². The van der Waals surface area contributed by atoms with Crippen molar-refractivity contribution in [3.8, 4) is 0 Å². The first-order valence-corrected chi connectivity index (χ1v) is 6.80. The summed E-state index contributed by atoms with van der Waals surface area (Å²) in [6.45, 7) is 1.61. The lowest BCUT2D eigenvalue weighted by Crippen LogP contribution is -2.45. The molecule has 0 aromatic heterocycles. The Balaban J connectivity index is 2.38. The van der Waals surface area contributed by atoms with E-state index in [4.69, 9.17) is 5.73 Å². The summed E-state index contributed by atoms with van der Waals surface area (Å²) >= 11 is 1.39. The van der Waals surface area contributed by atoms with Crippen LogP contribution in [0.2, 0.25) is 0 Å². The third-order valence-electron chi connectivity index (χ3n) is 2.65. The van der Waals surface area contributed by atoms with Gasteiger partial charge in [0.1, 0.15) is 5.54 Å². The van der Waals surface area contributed by atoms with Gasteiger partial charge in [-0.3, -0.25) is 4.79 Å². The van der Waals surface area contributed by atoms with E-state index in [1.54, 1.807) is 6.92 Å². The van der Waals surface area contributed by atoms with Crippen LogP contribution >= 0.6 is 11.8 Å². The lowest BCUT2D eigenvalue weighted by Gasteiger charge is -2.20. The number of halogens is 2. The van der Waals surface area contributed by atoms with Crippen LogP contribution in [0.25, 0.3) is 0 Å². The average Bonchev–Trinajstić information content (AvgIpc) is 2.37. The molecule has 0 aliphatic carbocycles. The van der Waals surface area contributed by atoms with Crippen LogP contribution in [0.1, 0.15) is 19.8 Å². The van der Waals surface area contributed by atoms with Crippen LogP contribution < -0.4 is 5.73 Å². The molecule has 1 atom stereocenters. The Labute approximate surface area is 115 Å². The molecule has 3 nitrogen and oxygen atoms in total.